The summed E-state index contributed by atoms with van der Waals surface area (Å²) >= 11 is 1.09. The van der Waals surface area contributed by atoms with Crippen molar-refractivity contribution in [2.24, 2.45) is 0 Å². The second-order valence-electron chi connectivity index (χ2n) is 1.08. The first kappa shape index (κ1) is 7.49. The van der Waals surface area contributed by atoms with Crippen LogP contribution in [0, 0.1) is 0 Å². The van der Waals surface area contributed by atoms with Gasteiger partial charge in [0.05, 0.1) is 5.75 Å². The lowest BCUT2D eigenvalue weighted by Crippen LogP contribution is -1.98. The van der Waals surface area contributed by atoms with Crippen LogP contribution in [0.15, 0.2) is 0 Å². The summed E-state index contributed by atoms with van der Waals surface area (Å²) in [6.07, 6.45) is 0.688. The number of carboxylic acids is 1. The predicted molar refractivity (Wildman–Crippen MR) is 31.0 cm³/mol. The average Bonchev–Trinajstić information content (AvgIpc) is 1.66. The van der Waals surface area contributed by atoms with Crippen LogP contribution < -0.4 is 0 Å². The Labute approximate surface area is 51.1 Å². The quantitative estimate of drug-likeness (QED) is 0.434. The van der Waals surface area contributed by atoms with Gasteiger partial charge in [-0.3, -0.25) is 4.79 Å². The highest BCUT2D eigenvalue weighted by Gasteiger charge is 1.93. The summed E-state index contributed by atoms with van der Waals surface area (Å²) in [5.74, 6) is -0.595. The molecule has 0 unspecified atom stereocenters. The molecule has 1 N–H and O–H groups in total. The molecule has 0 aromatic heterocycles. The number of aliphatic carboxylic acids is 1. The van der Waals surface area contributed by atoms with Gasteiger partial charge in [-0.2, -0.15) is 0 Å². The van der Waals surface area contributed by atoms with Crippen molar-refractivity contribution in [3.8, 4) is 0 Å². The van der Waals surface area contributed by atoms with Crippen molar-refractivity contribution in [2.75, 3.05) is 11.5 Å². The molecule has 46 valence electrons. The van der Waals surface area contributed by atoms with Crippen molar-refractivity contribution in [1.82, 2.24) is 0 Å². The number of hydrogen-bond donors (Lipinski definition) is 1. The van der Waals surface area contributed by atoms with Crippen molar-refractivity contribution in [2.45, 2.75) is 0 Å². The minimum atomic E-state index is -0.878. The number of aldehydes is 1. The molecule has 4 heteroatoms. The molecule has 0 saturated heterocycles. The van der Waals surface area contributed by atoms with Crippen molar-refractivity contribution < 1.29 is 14.7 Å². The summed E-state index contributed by atoms with van der Waals surface area (Å²) in [6, 6.07) is 0. The third-order valence-electron chi connectivity index (χ3n) is 0.411. The van der Waals surface area contributed by atoms with Gasteiger partial charge in [-0.15, -0.1) is 11.8 Å². The van der Waals surface area contributed by atoms with E-state index in [4.69, 9.17) is 5.11 Å². The highest BCUT2D eigenvalue weighted by molar-refractivity contribution is 8.00. The van der Waals surface area contributed by atoms with Gasteiger partial charge >= 0.3 is 5.97 Å². The van der Waals surface area contributed by atoms with Crippen LogP contribution in [0.1, 0.15) is 0 Å². The molecule has 0 aromatic carbocycles. The van der Waals surface area contributed by atoms with Gasteiger partial charge in [-0.25, -0.2) is 0 Å². The largest absolute Gasteiger partial charge is 0.481 e. The van der Waals surface area contributed by atoms with E-state index in [0.29, 0.717) is 6.29 Å². The zero-order valence-electron chi connectivity index (χ0n) is 4.16. The molecular weight excluding hydrogens is 128 g/mol. The maximum Gasteiger partial charge on any atom is 0.313 e. The molecule has 0 atom stereocenters. The Hall–Kier alpha value is -0.510. The van der Waals surface area contributed by atoms with E-state index in [0.717, 1.165) is 11.8 Å². The lowest BCUT2D eigenvalue weighted by atomic mass is 10.8. The third kappa shape index (κ3) is 5.49. The smallest absolute Gasteiger partial charge is 0.313 e. The number of rotatable bonds is 4. The Morgan fingerprint density at radius 2 is 2.38 bits per heavy atom. The molecule has 0 fully saturated rings. The molecule has 0 rings (SSSR count). The summed E-state index contributed by atoms with van der Waals surface area (Å²) in [7, 11) is 0. The molecule has 0 aliphatic rings. The van der Waals surface area contributed by atoms with Crippen LogP contribution in [0.4, 0.5) is 0 Å². The van der Waals surface area contributed by atoms with Crippen molar-refractivity contribution in [3.63, 3.8) is 0 Å². The summed E-state index contributed by atoms with van der Waals surface area (Å²) in [5, 5.41) is 8.00. The summed E-state index contributed by atoms with van der Waals surface area (Å²) in [4.78, 5) is 19.3. The molecule has 0 radical (unpaired) electrons. The minimum Gasteiger partial charge on any atom is -0.481 e. The molecule has 0 aliphatic heterocycles. The van der Waals surface area contributed by atoms with E-state index in [2.05, 4.69) is 0 Å². The molecule has 0 aromatic rings. The van der Waals surface area contributed by atoms with E-state index in [1.165, 1.54) is 0 Å². The van der Waals surface area contributed by atoms with Gasteiger partial charge < -0.3 is 9.90 Å². The first-order valence-electron chi connectivity index (χ1n) is 2.00. The maximum absolute atomic E-state index is 9.74. The molecular formula is C4H6O3S. The molecule has 0 aliphatic carbocycles. The summed E-state index contributed by atoms with van der Waals surface area (Å²) < 4.78 is 0. The number of carboxylic acid groups (broad SMARTS) is 1. The monoisotopic (exact) mass is 134 g/mol. The van der Waals surface area contributed by atoms with Crippen LogP contribution >= 0.6 is 11.8 Å². The Morgan fingerprint density at radius 3 is 2.75 bits per heavy atom. The normalized spacial score (nSPS) is 8.50. The van der Waals surface area contributed by atoms with E-state index < -0.39 is 5.97 Å². The molecule has 0 heterocycles. The van der Waals surface area contributed by atoms with E-state index in [1.807, 2.05) is 0 Å². The third-order valence-corrected chi connectivity index (χ3v) is 1.23. The molecule has 0 saturated carbocycles. The highest BCUT2D eigenvalue weighted by Crippen LogP contribution is 1.94. The molecule has 0 spiro atoms. The Kier molecular flexibility index (Phi) is 4.35. The fourth-order valence-electron chi connectivity index (χ4n) is 0.194. The fraction of sp³-hybridized carbons (Fsp3) is 0.500. The van der Waals surface area contributed by atoms with Crippen LogP contribution in [0.2, 0.25) is 0 Å². The second kappa shape index (κ2) is 4.64. The molecule has 0 bridgehead atoms. The number of carbonyl (C=O) groups is 2. The van der Waals surface area contributed by atoms with Gasteiger partial charge in [-0.05, 0) is 0 Å². The number of thioether (sulfide) groups is 1. The van der Waals surface area contributed by atoms with Crippen LogP contribution in [0.25, 0.3) is 0 Å². The van der Waals surface area contributed by atoms with Crippen molar-refractivity contribution in [3.05, 3.63) is 0 Å². The SMILES string of the molecule is O=CCSCC(=O)O. The van der Waals surface area contributed by atoms with Gasteiger partial charge in [0.1, 0.15) is 6.29 Å². The topological polar surface area (TPSA) is 54.4 Å². The van der Waals surface area contributed by atoms with E-state index in [9.17, 15) is 9.59 Å². The van der Waals surface area contributed by atoms with Crippen LogP contribution in [0.3, 0.4) is 0 Å². The van der Waals surface area contributed by atoms with Gasteiger partial charge in [0, 0.05) is 5.75 Å². The second-order valence-corrected chi connectivity index (χ2v) is 2.11. The van der Waals surface area contributed by atoms with E-state index in [1.54, 1.807) is 0 Å². The average molecular weight is 134 g/mol. The maximum atomic E-state index is 9.74. The lowest BCUT2D eigenvalue weighted by molar-refractivity contribution is -0.133. The zero-order valence-corrected chi connectivity index (χ0v) is 4.98. The van der Waals surface area contributed by atoms with Gasteiger partial charge in [0.25, 0.3) is 0 Å². The predicted octanol–water partition coefficient (Wildman–Crippen LogP) is 0.00310. The summed E-state index contributed by atoms with van der Waals surface area (Å²) in [6.45, 7) is 0. The van der Waals surface area contributed by atoms with Gasteiger partial charge in [0.15, 0.2) is 0 Å². The minimum absolute atomic E-state index is 0.0126. The standard InChI is InChI=1S/C4H6O3S/c5-1-2-8-3-4(6)7/h1H,2-3H2,(H,6,7). The van der Waals surface area contributed by atoms with Crippen molar-refractivity contribution >= 4 is 24.0 Å². The Balaban J connectivity index is 2.93. The fourth-order valence-corrected chi connectivity index (χ4v) is 0.583. The molecule has 0 amide bonds. The van der Waals surface area contributed by atoms with Crippen molar-refractivity contribution in [1.29, 1.82) is 0 Å². The zero-order chi connectivity index (χ0) is 6.41. The van der Waals surface area contributed by atoms with Crippen LogP contribution in [-0.4, -0.2) is 28.9 Å². The molecule has 8 heavy (non-hydrogen) atoms. The summed E-state index contributed by atoms with van der Waals surface area (Å²) in [5.41, 5.74) is 0. The van der Waals surface area contributed by atoms with Gasteiger partial charge in [-0.1, -0.05) is 0 Å². The van der Waals surface area contributed by atoms with Gasteiger partial charge in [0.2, 0.25) is 0 Å². The first-order chi connectivity index (χ1) is 3.77. The van der Waals surface area contributed by atoms with E-state index >= 15 is 0 Å². The highest BCUT2D eigenvalue weighted by atomic mass is 32.2. The first-order valence-corrected chi connectivity index (χ1v) is 3.16. The number of carbonyl (C=O) groups excluding carboxylic acids is 1. The number of hydrogen-bond acceptors (Lipinski definition) is 3. The lowest BCUT2D eigenvalue weighted by Gasteiger charge is -1.85. The van der Waals surface area contributed by atoms with Crippen LogP contribution in [0.5, 0.6) is 0 Å². The van der Waals surface area contributed by atoms with Crippen LogP contribution in [-0.2, 0) is 9.59 Å². The Morgan fingerprint density at radius 1 is 1.75 bits per heavy atom. The van der Waals surface area contributed by atoms with E-state index in [-0.39, 0.29) is 11.5 Å². The molecule has 3 nitrogen and oxygen atoms in total. The Bertz CT molecular complexity index is 91.3.